The van der Waals surface area contributed by atoms with E-state index in [0.717, 1.165) is 12.0 Å². The second kappa shape index (κ2) is 7.20. The number of sulfonamides is 1. The number of aromatic nitrogens is 2. The summed E-state index contributed by atoms with van der Waals surface area (Å²) in [7, 11) is -2.02. The third-order valence-electron chi connectivity index (χ3n) is 3.63. The van der Waals surface area contributed by atoms with E-state index in [4.69, 9.17) is 4.52 Å². The average Bonchev–Trinajstić information content (AvgIpc) is 3.04. The van der Waals surface area contributed by atoms with Crippen LogP contribution < -0.4 is 10.0 Å². The summed E-state index contributed by atoms with van der Waals surface area (Å²) >= 11 is 0. The highest BCUT2D eigenvalue weighted by Crippen LogP contribution is 2.20. The van der Waals surface area contributed by atoms with Gasteiger partial charge in [-0.25, -0.2) is 13.1 Å². The molecule has 2 N–H and O–H groups in total. The van der Waals surface area contributed by atoms with E-state index >= 15 is 0 Å². The van der Waals surface area contributed by atoms with Crippen molar-refractivity contribution in [2.24, 2.45) is 0 Å². The lowest BCUT2D eigenvalue weighted by molar-refractivity contribution is 0.325. The van der Waals surface area contributed by atoms with Gasteiger partial charge in [-0.1, -0.05) is 24.2 Å². The molecule has 0 amide bonds. The molecular formula is C15H22N4O3S. The highest BCUT2D eigenvalue weighted by atomic mass is 32.2. The Morgan fingerprint density at radius 3 is 2.35 bits per heavy atom. The molecular weight excluding hydrogens is 316 g/mol. The van der Waals surface area contributed by atoms with Gasteiger partial charge in [0.25, 0.3) is 0 Å². The van der Waals surface area contributed by atoms with Crippen LogP contribution in [0, 0.1) is 0 Å². The Morgan fingerprint density at radius 2 is 1.83 bits per heavy atom. The number of nitrogens with zero attached hydrogens (tertiary/aromatic N) is 2. The van der Waals surface area contributed by atoms with Crippen molar-refractivity contribution in [1.29, 1.82) is 0 Å². The van der Waals surface area contributed by atoms with Gasteiger partial charge >= 0.3 is 0 Å². The monoisotopic (exact) mass is 338 g/mol. The first-order chi connectivity index (χ1) is 10.9. The summed E-state index contributed by atoms with van der Waals surface area (Å²) in [6.45, 7) is 5.91. The number of hydrogen-bond donors (Lipinski definition) is 2. The van der Waals surface area contributed by atoms with Gasteiger partial charge in [-0.2, -0.15) is 4.98 Å². The number of aryl methyl sites for hydroxylation is 1. The fourth-order valence-electron chi connectivity index (χ4n) is 2.18. The maximum absolute atomic E-state index is 11.7. The van der Waals surface area contributed by atoms with E-state index in [1.54, 1.807) is 24.3 Å². The molecule has 2 aromatic rings. The van der Waals surface area contributed by atoms with E-state index in [9.17, 15) is 8.42 Å². The third-order valence-corrected chi connectivity index (χ3v) is 5.06. The molecule has 0 aliphatic carbocycles. The second-order valence-corrected chi connectivity index (χ2v) is 7.18. The van der Waals surface area contributed by atoms with Crippen molar-refractivity contribution < 1.29 is 12.9 Å². The topological polar surface area (TPSA) is 97.1 Å². The van der Waals surface area contributed by atoms with Crippen LogP contribution in [0.25, 0.3) is 0 Å². The molecule has 7 nitrogen and oxygen atoms in total. The predicted octanol–water partition coefficient (Wildman–Crippen LogP) is 1.95. The first-order valence-corrected chi connectivity index (χ1v) is 8.97. The molecule has 2 rings (SSSR count). The van der Waals surface area contributed by atoms with Crippen molar-refractivity contribution in [1.82, 2.24) is 20.2 Å². The first kappa shape index (κ1) is 17.6. The normalized spacial score (nSPS) is 14.6. The fourth-order valence-corrected chi connectivity index (χ4v) is 2.91. The summed E-state index contributed by atoms with van der Waals surface area (Å²) in [6, 6.07) is 6.67. The molecule has 1 aromatic heterocycles. The van der Waals surface area contributed by atoms with Crippen molar-refractivity contribution in [2.75, 3.05) is 7.05 Å². The lowest BCUT2D eigenvalue weighted by Gasteiger charge is -2.18. The van der Waals surface area contributed by atoms with E-state index in [0.29, 0.717) is 11.7 Å². The van der Waals surface area contributed by atoms with Gasteiger partial charge in [0.15, 0.2) is 5.82 Å². The summed E-state index contributed by atoms with van der Waals surface area (Å²) in [5.74, 6) is 1.23. The van der Waals surface area contributed by atoms with Gasteiger partial charge in [0.2, 0.25) is 15.9 Å². The van der Waals surface area contributed by atoms with Crippen LogP contribution >= 0.6 is 0 Å². The van der Waals surface area contributed by atoms with Crippen LogP contribution in [-0.4, -0.2) is 25.6 Å². The van der Waals surface area contributed by atoms with E-state index in [-0.39, 0.29) is 17.0 Å². The summed E-state index contributed by atoms with van der Waals surface area (Å²) in [5, 5.41) is 7.24. The lowest BCUT2D eigenvalue weighted by Crippen LogP contribution is -2.23. The Balaban J connectivity index is 2.07. The SMILES string of the molecule is CCc1noc([C@H](C)N[C@@H](C)c2ccc(S(=O)(=O)NC)cc2)n1. The van der Waals surface area contributed by atoms with Crippen LogP contribution in [0.4, 0.5) is 0 Å². The summed E-state index contributed by atoms with van der Waals surface area (Å²) < 4.78 is 31.0. The quantitative estimate of drug-likeness (QED) is 0.801. The number of rotatable bonds is 7. The molecule has 0 aliphatic rings. The molecule has 1 heterocycles. The third kappa shape index (κ3) is 4.15. The smallest absolute Gasteiger partial charge is 0.243 e. The molecule has 8 heteroatoms. The van der Waals surface area contributed by atoms with E-state index in [2.05, 4.69) is 20.2 Å². The maximum atomic E-state index is 11.7. The average molecular weight is 338 g/mol. The summed E-state index contributed by atoms with van der Waals surface area (Å²) in [6.07, 6.45) is 0.729. The molecule has 126 valence electrons. The van der Waals surface area contributed by atoms with Crippen molar-refractivity contribution in [3.8, 4) is 0 Å². The van der Waals surface area contributed by atoms with Gasteiger partial charge in [0.1, 0.15) is 0 Å². The van der Waals surface area contributed by atoms with Gasteiger partial charge in [0, 0.05) is 12.5 Å². The molecule has 23 heavy (non-hydrogen) atoms. The Hall–Kier alpha value is -1.77. The predicted molar refractivity (Wildman–Crippen MR) is 86.3 cm³/mol. The number of hydrogen-bond acceptors (Lipinski definition) is 6. The first-order valence-electron chi connectivity index (χ1n) is 7.49. The van der Waals surface area contributed by atoms with Crippen LogP contribution in [0.5, 0.6) is 0 Å². The molecule has 0 aliphatic heterocycles. The summed E-state index contributed by atoms with van der Waals surface area (Å²) in [4.78, 5) is 4.55. The largest absolute Gasteiger partial charge is 0.338 e. The standard InChI is InChI=1S/C15H22N4O3S/c1-5-14-18-15(22-19-14)11(3)17-10(2)12-6-8-13(9-7-12)23(20,21)16-4/h6-11,16-17H,5H2,1-4H3/t10-,11-/m0/s1. The molecule has 1 aromatic carbocycles. The molecule has 0 fully saturated rings. The zero-order valence-corrected chi connectivity index (χ0v) is 14.5. The highest BCUT2D eigenvalue weighted by Gasteiger charge is 2.17. The Morgan fingerprint density at radius 1 is 1.17 bits per heavy atom. The number of benzene rings is 1. The molecule has 0 unspecified atom stereocenters. The van der Waals surface area contributed by atoms with E-state index in [1.165, 1.54) is 7.05 Å². The molecule has 0 spiro atoms. The van der Waals surface area contributed by atoms with Crippen LogP contribution in [0.3, 0.4) is 0 Å². The fraction of sp³-hybridized carbons (Fsp3) is 0.467. The van der Waals surface area contributed by atoms with Crippen molar-refractivity contribution >= 4 is 10.0 Å². The zero-order chi connectivity index (χ0) is 17.0. The van der Waals surface area contributed by atoms with Crippen LogP contribution in [0.1, 0.15) is 50.1 Å². The minimum Gasteiger partial charge on any atom is -0.338 e. The van der Waals surface area contributed by atoms with Crippen molar-refractivity contribution in [3.05, 3.63) is 41.5 Å². The maximum Gasteiger partial charge on any atom is 0.243 e. The minimum absolute atomic E-state index is 0.00770. The van der Waals surface area contributed by atoms with Crippen LogP contribution in [-0.2, 0) is 16.4 Å². The second-order valence-electron chi connectivity index (χ2n) is 5.29. The van der Waals surface area contributed by atoms with Crippen LogP contribution in [0.15, 0.2) is 33.7 Å². The number of nitrogens with one attached hydrogen (secondary N) is 2. The molecule has 0 saturated heterocycles. The van der Waals surface area contributed by atoms with Crippen molar-refractivity contribution in [2.45, 2.75) is 44.2 Å². The Labute approximate surface area is 136 Å². The minimum atomic E-state index is -3.41. The Kier molecular flexibility index (Phi) is 5.51. The van der Waals surface area contributed by atoms with E-state index in [1.807, 2.05) is 20.8 Å². The van der Waals surface area contributed by atoms with Gasteiger partial charge in [-0.15, -0.1) is 0 Å². The molecule has 0 bridgehead atoms. The zero-order valence-electron chi connectivity index (χ0n) is 13.7. The summed E-state index contributed by atoms with van der Waals surface area (Å²) in [5.41, 5.74) is 0.974. The van der Waals surface area contributed by atoms with Gasteiger partial charge < -0.3 is 4.52 Å². The molecule has 2 atom stereocenters. The highest BCUT2D eigenvalue weighted by molar-refractivity contribution is 7.89. The lowest BCUT2D eigenvalue weighted by atomic mass is 10.1. The van der Waals surface area contributed by atoms with Gasteiger partial charge in [0.05, 0.1) is 10.9 Å². The van der Waals surface area contributed by atoms with Gasteiger partial charge in [-0.3, -0.25) is 5.32 Å². The Bertz CT molecular complexity index is 740. The van der Waals surface area contributed by atoms with Gasteiger partial charge in [-0.05, 0) is 38.6 Å². The molecule has 0 radical (unpaired) electrons. The van der Waals surface area contributed by atoms with E-state index < -0.39 is 10.0 Å². The van der Waals surface area contributed by atoms with Crippen LogP contribution in [0.2, 0.25) is 0 Å². The van der Waals surface area contributed by atoms with Crippen molar-refractivity contribution in [3.63, 3.8) is 0 Å². The molecule has 0 saturated carbocycles.